The summed E-state index contributed by atoms with van der Waals surface area (Å²) in [6.07, 6.45) is 3.30. The smallest absolute Gasteiger partial charge is 0.253 e. The highest BCUT2D eigenvalue weighted by molar-refractivity contribution is 9.09. The van der Waals surface area contributed by atoms with Crippen molar-refractivity contribution in [3.05, 3.63) is 20.3 Å². The van der Waals surface area contributed by atoms with E-state index in [9.17, 15) is 4.79 Å². The quantitative estimate of drug-likeness (QED) is 0.671. The molecule has 0 saturated carbocycles. The van der Waals surface area contributed by atoms with Gasteiger partial charge in [0.05, 0.1) is 9.90 Å². The Morgan fingerprint density at radius 2 is 2.22 bits per heavy atom. The number of nitrogens with one attached hydrogen (secondary N) is 1. The predicted octanol–water partition coefficient (Wildman–Crippen LogP) is 4.99. The van der Waals surface area contributed by atoms with E-state index in [2.05, 4.69) is 28.2 Å². The molecule has 0 saturated heterocycles. The van der Waals surface area contributed by atoms with Crippen molar-refractivity contribution >= 4 is 56.4 Å². The van der Waals surface area contributed by atoms with Crippen LogP contribution >= 0.6 is 50.5 Å². The summed E-state index contributed by atoms with van der Waals surface area (Å²) >= 11 is 16.4. The van der Waals surface area contributed by atoms with Gasteiger partial charge in [0.25, 0.3) is 5.91 Å². The van der Waals surface area contributed by atoms with E-state index in [0.29, 0.717) is 26.7 Å². The van der Waals surface area contributed by atoms with Crippen LogP contribution in [0, 0.1) is 5.92 Å². The largest absolute Gasteiger partial charge is 0.352 e. The number of hydrogen-bond acceptors (Lipinski definition) is 2. The Balaban J connectivity index is 2.51. The van der Waals surface area contributed by atoms with Crippen LogP contribution in [0.4, 0.5) is 0 Å². The SMILES string of the molecule is CCCC(CCBr)CNC(=O)c1cc(Cl)sc1Cl. The van der Waals surface area contributed by atoms with Crippen LogP contribution in [0.5, 0.6) is 0 Å². The highest BCUT2D eigenvalue weighted by Gasteiger charge is 2.15. The van der Waals surface area contributed by atoms with Crippen LogP contribution in [0.15, 0.2) is 6.07 Å². The maximum atomic E-state index is 11.9. The number of alkyl halides is 1. The second-order valence-corrected chi connectivity index (χ2v) is 7.16. The Labute approximate surface area is 130 Å². The third-order valence-corrected chi connectivity index (χ3v) is 4.61. The van der Waals surface area contributed by atoms with Gasteiger partial charge < -0.3 is 5.32 Å². The minimum absolute atomic E-state index is 0.140. The fraction of sp³-hybridized carbons (Fsp3) is 0.583. The van der Waals surface area contributed by atoms with Crippen LogP contribution in [-0.4, -0.2) is 17.8 Å². The molecule has 1 N–H and O–H groups in total. The van der Waals surface area contributed by atoms with Crippen molar-refractivity contribution in [1.29, 1.82) is 0 Å². The van der Waals surface area contributed by atoms with Crippen LogP contribution in [0.2, 0.25) is 8.67 Å². The van der Waals surface area contributed by atoms with Gasteiger partial charge >= 0.3 is 0 Å². The zero-order chi connectivity index (χ0) is 13.5. The highest BCUT2D eigenvalue weighted by Crippen LogP contribution is 2.31. The van der Waals surface area contributed by atoms with Gasteiger partial charge in [-0.1, -0.05) is 52.5 Å². The maximum absolute atomic E-state index is 11.9. The molecule has 1 rings (SSSR count). The molecule has 6 heteroatoms. The van der Waals surface area contributed by atoms with E-state index in [1.54, 1.807) is 6.07 Å². The van der Waals surface area contributed by atoms with E-state index >= 15 is 0 Å². The van der Waals surface area contributed by atoms with Crippen LogP contribution < -0.4 is 5.32 Å². The molecule has 0 radical (unpaired) electrons. The van der Waals surface area contributed by atoms with Gasteiger partial charge in [-0.3, -0.25) is 4.79 Å². The number of thiophene rings is 1. The van der Waals surface area contributed by atoms with Crippen molar-refractivity contribution in [2.24, 2.45) is 5.92 Å². The second-order valence-electron chi connectivity index (χ2n) is 4.08. The second kappa shape index (κ2) is 8.41. The van der Waals surface area contributed by atoms with Gasteiger partial charge in [0.1, 0.15) is 4.34 Å². The van der Waals surface area contributed by atoms with Crippen molar-refractivity contribution in [1.82, 2.24) is 5.32 Å². The molecule has 0 bridgehead atoms. The fourth-order valence-electron chi connectivity index (χ4n) is 1.74. The van der Waals surface area contributed by atoms with Gasteiger partial charge in [-0.2, -0.15) is 0 Å². The Hall–Kier alpha value is 0.230. The van der Waals surface area contributed by atoms with Gasteiger partial charge in [0.15, 0.2) is 0 Å². The lowest BCUT2D eigenvalue weighted by Crippen LogP contribution is -2.29. The summed E-state index contributed by atoms with van der Waals surface area (Å²) in [5.41, 5.74) is 0.473. The molecular formula is C12H16BrCl2NOS. The van der Waals surface area contributed by atoms with E-state index < -0.39 is 0 Å². The van der Waals surface area contributed by atoms with E-state index in [1.165, 1.54) is 11.3 Å². The average Bonchev–Trinajstić information content (AvgIpc) is 2.65. The molecule has 0 aliphatic rings. The van der Waals surface area contributed by atoms with Gasteiger partial charge in [-0.15, -0.1) is 11.3 Å². The van der Waals surface area contributed by atoms with E-state index in [0.717, 1.165) is 24.6 Å². The lowest BCUT2D eigenvalue weighted by atomic mass is 10.0. The monoisotopic (exact) mass is 371 g/mol. The van der Waals surface area contributed by atoms with Crippen molar-refractivity contribution in [3.8, 4) is 0 Å². The molecular weight excluding hydrogens is 357 g/mol. The Morgan fingerprint density at radius 1 is 1.50 bits per heavy atom. The van der Waals surface area contributed by atoms with Gasteiger partial charge in [0.2, 0.25) is 0 Å². The summed E-state index contributed by atoms with van der Waals surface area (Å²) < 4.78 is 0.987. The van der Waals surface area contributed by atoms with Crippen molar-refractivity contribution in [3.63, 3.8) is 0 Å². The molecule has 18 heavy (non-hydrogen) atoms. The summed E-state index contributed by atoms with van der Waals surface area (Å²) in [7, 11) is 0. The average molecular weight is 373 g/mol. The van der Waals surface area contributed by atoms with Crippen molar-refractivity contribution < 1.29 is 4.79 Å². The highest BCUT2D eigenvalue weighted by atomic mass is 79.9. The third-order valence-electron chi connectivity index (χ3n) is 2.67. The number of hydrogen-bond donors (Lipinski definition) is 1. The molecule has 1 aromatic rings. The standard InChI is InChI=1S/C12H16BrCl2NOS/c1-2-3-8(4-5-13)7-16-12(17)9-6-10(14)18-11(9)15/h6,8H,2-5,7H2,1H3,(H,16,17). The molecule has 0 aliphatic heterocycles. The minimum Gasteiger partial charge on any atom is -0.352 e. The summed E-state index contributed by atoms with van der Waals surface area (Å²) in [6.45, 7) is 2.83. The molecule has 0 spiro atoms. The van der Waals surface area contributed by atoms with E-state index in [1.807, 2.05) is 0 Å². The summed E-state index contributed by atoms with van der Waals surface area (Å²) in [5, 5.41) is 3.88. The first-order valence-electron chi connectivity index (χ1n) is 5.87. The molecule has 1 amide bonds. The minimum atomic E-state index is -0.140. The molecule has 2 nitrogen and oxygen atoms in total. The number of amides is 1. The van der Waals surface area contributed by atoms with E-state index in [-0.39, 0.29) is 5.91 Å². The maximum Gasteiger partial charge on any atom is 0.253 e. The lowest BCUT2D eigenvalue weighted by molar-refractivity contribution is 0.0946. The number of carbonyl (C=O) groups excluding carboxylic acids is 1. The normalized spacial score (nSPS) is 12.4. The summed E-state index contributed by atoms with van der Waals surface area (Å²) in [5.74, 6) is 0.366. The molecule has 1 aromatic heterocycles. The third kappa shape index (κ3) is 5.08. The lowest BCUT2D eigenvalue weighted by Gasteiger charge is -2.15. The first-order valence-corrected chi connectivity index (χ1v) is 8.56. The zero-order valence-corrected chi connectivity index (χ0v) is 14.1. The van der Waals surface area contributed by atoms with Crippen LogP contribution in [0.1, 0.15) is 36.5 Å². The fourth-order valence-corrected chi connectivity index (χ4v) is 3.84. The first kappa shape index (κ1) is 16.3. The molecule has 1 atom stereocenters. The van der Waals surface area contributed by atoms with Gasteiger partial charge in [0, 0.05) is 11.9 Å². The topological polar surface area (TPSA) is 29.1 Å². The Bertz CT molecular complexity index is 391. The first-order chi connectivity index (χ1) is 8.58. The number of rotatable bonds is 7. The molecule has 0 fully saturated rings. The molecule has 1 unspecified atom stereocenters. The summed E-state index contributed by atoms with van der Waals surface area (Å²) in [6, 6.07) is 1.61. The zero-order valence-electron chi connectivity index (χ0n) is 10.1. The van der Waals surface area contributed by atoms with Crippen molar-refractivity contribution in [2.75, 3.05) is 11.9 Å². The molecule has 0 aromatic carbocycles. The van der Waals surface area contributed by atoms with Crippen LogP contribution in [0.25, 0.3) is 0 Å². The van der Waals surface area contributed by atoms with Gasteiger partial charge in [-0.05, 0) is 24.8 Å². The number of halogens is 3. The molecule has 1 heterocycles. The predicted molar refractivity (Wildman–Crippen MR) is 83.5 cm³/mol. The van der Waals surface area contributed by atoms with Crippen LogP contribution in [0.3, 0.4) is 0 Å². The van der Waals surface area contributed by atoms with Crippen molar-refractivity contribution in [2.45, 2.75) is 26.2 Å². The van der Waals surface area contributed by atoms with E-state index in [4.69, 9.17) is 23.2 Å². The molecule has 0 aliphatic carbocycles. The summed E-state index contributed by atoms with van der Waals surface area (Å²) in [4.78, 5) is 11.9. The number of carbonyl (C=O) groups is 1. The molecule has 102 valence electrons. The Kier molecular flexibility index (Phi) is 7.61. The van der Waals surface area contributed by atoms with Gasteiger partial charge in [-0.25, -0.2) is 0 Å². The Morgan fingerprint density at radius 3 is 2.72 bits per heavy atom. The van der Waals surface area contributed by atoms with Crippen LogP contribution in [-0.2, 0) is 0 Å².